The Morgan fingerprint density at radius 1 is 1.21 bits per heavy atom. The smallest absolute Gasteiger partial charge is 0.0771 e. The molecular formula is C12H17NS. The Balaban J connectivity index is 3.12. The number of benzene rings is 1. The van der Waals surface area contributed by atoms with Crippen molar-refractivity contribution in [2.75, 3.05) is 0 Å². The summed E-state index contributed by atoms with van der Waals surface area (Å²) in [6.45, 7) is 4.33. The lowest BCUT2D eigenvalue weighted by Gasteiger charge is -2.11. The van der Waals surface area contributed by atoms with Crippen molar-refractivity contribution in [1.82, 2.24) is 0 Å². The molecule has 0 atom stereocenters. The molecule has 0 saturated heterocycles. The van der Waals surface area contributed by atoms with E-state index in [9.17, 15) is 0 Å². The first kappa shape index (κ1) is 11.2. The van der Waals surface area contributed by atoms with Gasteiger partial charge in [-0.3, -0.25) is 0 Å². The zero-order valence-electron chi connectivity index (χ0n) is 8.84. The first-order chi connectivity index (χ1) is 6.69. The highest BCUT2D eigenvalue weighted by molar-refractivity contribution is 7.80. The summed E-state index contributed by atoms with van der Waals surface area (Å²) in [4.78, 5) is 0.584. The normalized spacial score (nSPS) is 10.1. The van der Waals surface area contributed by atoms with Crippen LogP contribution < -0.4 is 5.73 Å². The zero-order valence-corrected chi connectivity index (χ0v) is 9.66. The molecule has 0 spiro atoms. The Hall–Kier alpha value is -0.890. The van der Waals surface area contributed by atoms with Crippen molar-refractivity contribution in [2.24, 2.45) is 5.73 Å². The Morgan fingerprint density at radius 3 is 2.07 bits per heavy atom. The van der Waals surface area contributed by atoms with Gasteiger partial charge < -0.3 is 5.73 Å². The van der Waals surface area contributed by atoms with Crippen molar-refractivity contribution < 1.29 is 0 Å². The number of rotatable bonds is 4. The molecule has 0 fully saturated rings. The largest absolute Gasteiger partial charge is 0.393 e. The van der Waals surface area contributed by atoms with Crippen LogP contribution in [0.2, 0.25) is 0 Å². The third kappa shape index (κ3) is 2.55. The molecule has 14 heavy (non-hydrogen) atoms. The third-order valence-corrected chi connectivity index (χ3v) is 2.63. The number of thiocarbonyl (C=S) groups is 1. The van der Waals surface area contributed by atoms with Gasteiger partial charge in [-0.25, -0.2) is 0 Å². The highest BCUT2D eigenvalue weighted by Gasteiger charge is 2.06. The Kier molecular flexibility index (Phi) is 4.08. The fourth-order valence-electron chi connectivity index (χ4n) is 1.75. The van der Waals surface area contributed by atoms with Crippen LogP contribution in [0.15, 0.2) is 18.2 Å². The summed E-state index contributed by atoms with van der Waals surface area (Å²) in [5.74, 6) is 0. The van der Waals surface area contributed by atoms with Crippen LogP contribution in [0.5, 0.6) is 0 Å². The third-order valence-electron chi connectivity index (χ3n) is 2.48. The SMILES string of the molecule is CCc1cccc(CC)c1CC(N)=S. The molecule has 76 valence electrons. The van der Waals surface area contributed by atoms with Gasteiger partial charge in [-0.1, -0.05) is 44.3 Å². The molecule has 1 aromatic rings. The molecule has 0 radical (unpaired) electrons. The lowest BCUT2D eigenvalue weighted by Crippen LogP contribution is -2.14. The van der Waals surface area contributed by atoms with Gasteiger partial charge in [-0.05, 0) is 29.5 Å². The van der Waals surface area contributed by atoms with Crippen molar-refractivity contribution in [3.8, 4) is 0 Å². The van der Waals surface area contributed by atoms with Crippen LogP contribution in [-0.4, -0.2) is 4.99 Å². The molecule has 0 amide bonds. The van der Waals surface area contributed by atoms with Gasteiger partial charge in [0, 0.05) is 6.42 Å². The standard InChI is InChI=1S/C12H17NS/c1-3-9-6-5-7-10(4-2)11(9)8-12(13)14/h5-7H,3-4,8H2,1-2H3,(H2,13,14). The highest BCUT2D eigenvalue weighted by Crippen LogP contribution is 2.17. The number of hydrogen-bond donors (Lipinski definition) is 1. The summed E-state index contributed by atoms with van der Waals surface area (Å²) in [5.41, 5.74) is 9.69. The molecule has 1 nitrogen and oxygen atoms in total. The molecule has 0 bridgehead atoms. The molecule has 2 N–H and O–H groups in total. The second-order valence-electron chi connectivity index (χ2n) is 3.41. The first-order valence-corrected chi connectivity index (χ1v) is 5.47. The van der Waals surface area contributed by atoms with E-state index in [1.54, 1.807) is 0 Å². The maximum Gasteiger partial charge on any atom is 0.0771 e. The van der Waals surface area contributed by atoms with E-state index < -0.39 is 0 Å². The van der Waals surface area contributed by atoms with Crippen LogP contribution in [0.1, 0.15) is 30.5 Å². The predicted molar refractivity (Wildman–Crippen MR) is 65.7 cm³/mol. The van der Waals surface area contributed by atoms with E-state index in [0.717, 1.165) is 19.3 Å². The van der Waals surface area contributed by atoms with E-state index in [4.69, 9.17) is 18.0 Å². The minimum atomic E-state index is 0.584. The fourth-order valence-corrected chi connectivity index (χ4v) is 1.90. The average molecular weight is 207 g/mol. The van der Waals surface area contributed by atoms with Gasteiger partial charge in [0.25, 0.3) is 0 Å². The maximum absolute atomic E-state index is 5.60. The van der Waals surface area contributed by atoms with Gasteiger partial charge in [0.05, 0.1) is 4.99 Å². The average Bonchev–Trinajstić information content (AvgIpc) is 2.17. The van der Waals surface area contributed by atoms with E-state index in [-0.39, 0.29) is 0 Å². The van der Waals surface area contributed by atoms with Crippen molar-refractivity contribution >= 4 is 17.2 Å². The maximum atomic E-state index is 5.60. The van der Waals surface area contributed by atoms with Gasteiger partial charge >= 0.3 is 0 Å². The van der Waals surface area contributed by atoms with Gasteiger partial charge in [-0.15, -0.1) is 0 Å². The van der Waals surface area contributed by atoms with Crippen LogP contribution in [0.3, 0.4) is 0 Å². The summed E-state index contributed by atoms with van der Waals surface area (Å²) >= 11 is 4.97. The molecule has 0 aliphatic heterocycles. The lowest BCUT2D eigenvalue weighted by molar-refractivity contribution is 1.03. The summed E-state index contributed by atoms with van der Waals surface area (Å²) < 4.78 is 0. The van der Waals surface area contributed by atoms with E-state index in [1.807, 2.05) is 0 Å². The van der Waals surface area contributed by atoms with E-state index in [2.05, 4.69) is 32.0 Å². The molecule has 0 aromatic heterocycles. The van der Waals surface area contributed by atoms with Crippen molar-refractivity contribution in [1.29, 1.82) is 0 Å². The molecule has 2 heteroatoms. The molecular weight excluding hydrogens is 190 g/mol. The van der Waals surface area contributed by atoms with Gasteiger partial charge in [0.15, 0.2) is 0 Å². The molecule has 1 rings (SSSR count). The number of nitrogens with two attached hydrogens (primary N) is 1. The Morgan fingerprint density at radius 2 is 1.71 bits per heavy atom. The topological polar surface area (TPSA) is 26.0 Å². The summed E-state index contributed by atoms with van der Waals surface area (Å²) in [5, 5.41) is 0. The highest BCUT2D eigenvalue weighted by atomic mass is 32.1. The van der Waals surface area contributed by atoms with Crippen LogP contribution in [0, 0.1) is 0 Å². The predicted octanol–water partition coefficient (Wildman–Crippen LogP) is 2.64. The van der Waals surface area contributed by atoms with E-state index >= 15 is 0 Å². The summed E-state index contributed by atoms with van der Waals surface area (Å²) in [7, 11) is 0. The second-order valence-corrected chi connectivity index (χ2v) is 3.93. The van der Waals surface area contributed by atoms with Gasteiger partial charge in [0.2, 0.25) is 0 Å². The second kappa shape index (κ2) is 5.11. The van der Waals surface area contributed by atoms with Crippen LogP contribution >= 0.6 is 12.2 Å². The molecule has 0 heterocycles. The molecule has 0 unspecified atom stereocenters. The fraction of sp³-hybridized carbons (Fsp3) is 0.417. The summed E-state index contributed by atoms with van der Waals surface area (Å²) in [6.07, 6.45) is 2.83. The van der Waals surface area contributed by atoms with Gasteiger partial charge in [0.1, 0.15) is 0 Å². The quantitative estimate of drug-likeness (QED) is 0.768. The molecule has 1 aromatic carbocycles. The van der Waals surface area contributed by atoms with E-state index in [1.165, 1.54) is 16.7 Å². The van der Waals surface area contributed by atoms with Crippen molar-refractivity contribution in [2.45, 2.75) is 33.1 Å². The summed E-state index contributed by atoms with van der Waals surface area (Å²) in [6, 6.07) is 6.43. The Bertz CT molecular complexity index is 309. The lowest BCUT2D eigenvalue weighted by atomic mass is 9.95. The monoisotopic (exact) mass is 207 g/mol. The van der Waals surface area contributed by atoms with Crippen LogP contribution in [0.25, 0.3) is 0 Å². The minimum absolute atomic E-state index is 0.584. The number of hydrogen-bond acceptors (Lipinski definition) is 1. The van der Waals surface area contributed by atoms with Crippen LogP contribution in [-0.2, 0) is 19.3 Å². The molecule has 0 saturated carbocycles. The number of aryl methyl sites for hydroxylation is 2. The first-order valence-electron chi connectivity index (χ1n) is 5.07. The minimum Gasteiger partial charge on any atom is -0.393 e. The zero-order chi connectivity index (χ0) is 10.6. The van der Waals surface area contributed by atoms with Gasteiger partial charge in [-0.2, -0.15) is 0 Å². The molecule has 0 aliphatic carbocycles. The van der Waals surface area contributed by atoms with Crippen molar-refractivity contribution in [3.63, 3.8) is 0 Å². The van der Waals surface area contributed by atoms with Crippen LogP contribution in [0.4, 0.5) is 0 Å². The van der Waals surface area contributed by atoms with Crippen molar-refractivity contribution in [3.05, 3.63) is 34.9 Å². The van der Waals surface area contributed by atoms with E-state index in [0.29, 0.717) is 4.99 Å². The Labute approximate surface area is 91.3 Å². The molecule has 0 aliphatic rings.